The lowest BCUT2D eigenvalue weighted by atomic mass is 9.80. The molecule has 0 radical (unpaired) electrons. The minimum Gasteiger partial charge on any atom is -0.423 e. The van der Waals surface area contributed by atoms with E-state index in [1.165, 1.54) is 33.4 Å². The molecule has 3 nitrogen and oxygen atoms in total. The molecule has 1 aliphatic rings. The van der Waals surface area contributed by atoms with E-state index in [1.807, 2.05) is 18.2 Å². The van der Waals surface area contributed by atoms with E-state index >= 15 is 0 Å². The van der Waals surface area contributed by atoms with Crippen LogP contribution in [0.25, 0.3) is 33.4 Å². The van der Waals surface area contributed by atoms with Crippen LogP contribution in [0.5, 0.6) is 0 Å². The Balaban J connectivity index is 1.35. The van der Waals surface area contributed by atoms with Crippen LogP contribution < -0.4 is 10.4 Å². The third-order valence-electron chi connectivity index (χ3n) is 8.70. The first kappa shape index (κ1) is 27.0. The summed E-state index contributed by atoms with van der Waals surface area (Å²) in [6.07, 6.45) is 0. The molecule has 0 aromatic heterocycles. The predicted octanol–water partition coefficient (Wildman–Crippen LogP) is 8.48. The van der Waals surface area contributed by atoms with Gasteiger partial charge in [-0.15, -0.1) is 0 Å². The fourth-order valence-electron chi connectivity index (χ4n) is 6.38. The predicted molar refractivity (Wildman–Crippen MR) is 179 cm³/mol. The fourth-order valence-corrected chi connectivity index (χ4v) is 6.38. The molecule has 208 valence electrons. The lowest BCUT2D eigenvalue weighted by Crippen LogP contribution is -2.29. The zero-order valence-corrected chi connectivity index (χ0v) is 24.3. The maximum atomic E-state index is 9.56. The van der Waals surface area contributed by atoms with Crippen molar-refractivity contribution in [2.75, 3.05) is 4.90 Å². The number of fused-ring (bicyclic) bond motifs is 3. The van der Waals surface area contributed by atoms with Gasteiger partial charge < -0.3 is 14.9 Å². The lowest BCUT2D eigenvalue weighted by Gasteiger charge is -2.28. The van der Waals surface area contributed by atoms with Gasteiger partial charge in [-0.3, -0.25) is 0 Å². The number of anilines is 3. The molecule has 0 heterocycles. The number of hydrogen-bond donors (Lipinski definition) is 2. The van der Waals surface area contributed by atoms with Gasteiger partial charge in [-0.1, -0.05) is 123 Å². The van der Waals surface area contributed by atoms with Gasteiger partial charge >= 0.3 is 7.12 Å². The van der Waals surface area contributed by atoms with Crippen LogP contribution in [0.3, 0.4) is 0 Å². The van der Waals surface area contributed by atoms with Gasteiger partial charge in [0, 0.05) is 22.5 Å². The largest absolute Gasteiger partial charge is 0.488 e. The molecule has 0 aliphatic heterocycles. The summed E-state index contributed by atoms with van der Waals surface area (Å²) in [5.74, 6) is 0. The zero-order valence-electron chi connectivity index (χ0n) is 24.3. The van der Waals surface area contributed by atoms with Crippen LogP contribution in [-0.2, 0) is 5.41 Å². The molecule has 0 bridgehead atoms. The minimum atomic E-state index is -1.48. The van der Waals surface area contributed by atoms with Crippen LogP contribution in [0, 0.1) is 0 Å². The van der Waals surface area contributed by atoms with Crippen molar-refractivity contribution in [3.05, 3.63) is 157 Å². The normalized spacial score (nSPS) is 12.8. The molecule has 0 saturated carbocycles. The molecule has 43 heavy (non-hydrogen) atoms. The maximum Gasteiger partial charge on any atom is 0.488 e. The second kappa shape index (κ2) is 10.7. The molecular weight excluding hydrogens is 525 g/mol. The molecule has 1 aliphatic carbocycles. The van der Waals surface area contributed by atoms with Gasteiger partial charge in [0.1, 0.15) is 0 Å². The monoisotopic (exact) mass is 557 g/mol. The summed E-state index contributed by atoms with van der Waals surface area (Å²) >= 11 is 0. The molecule has 6 aromatic carbocycles. The quantitative estimate of drug-likeness (QED) is 0.202. The first-order chi connectivity index (χ1) is 20.9. The van der Waals surface area contributed by atoms with Gasteiger partial charge in [-0.05, 0) is 86.4 Å². The first-order valence-electron chi connectivity index (χ1n) is 14.7. The van der Waals surface area contributed by atoms with Crippen molar-refractivity contribution in [1.29, 1.82) is 0 Å². The van der Waals surface area contributed by atoms with Crippen molar-refractivity contribution < 1.29 is 10.0 Å². The zero-order chi connectivity index (χ0) is 29.6. The lowest BCUT2D eigenvalue weighted by molar-refractivity contribution is 0.426. The van der Waals surface area contributed by atoms with Crippen molar-refractivity contribution in [3.8, 4) is 33.4 Å². The third-order valence-corrected chi connectivity index (χ3v) is 8.70. The summed E-state index contributed by atoms with van der Waals surface area (Å²) in [4.78, 5) is 2.32. The van der Waals surface area contributed by atoms with E-state index in [0.717, 1.165) is 28.2 Å². The van der Waals surface area contributed by atoms with E-state index in [0.29, 0.717) is 5.46 Å². The molecule has 0 atom stereocenters. The summed E-state index contributed by atoms with van der Waals surface area (Å²) in [6.45, 7) is 4.63. The number of rotatable bonds is 6. The molecule has 0 unspecified atom stereocenters. The molecule has 0 amide bonds. The summed E-state index contributed by atoms with van der Waals surface area (Å²) in [6, 6.07) is 50.7. The Morgan fingerprint density at radius 1 is 0.465 bits per heavy atom. The standard InChI is InChI=1S/C39H32BNO2/c1-39(2)37-14-7-6-13-35(37)36-24-23-34(26-38(36)39)41(32-21-17-28(18-22-32)27-9-4-3-5-10-27)33-12-8-11-30(25-33)29-15-19-31(20-16-29)40(42)43/h3-26,42-43H,1-2H3. The molecule has 0 fully saturated rings. The smallest absolute Gasteiger partial charge is 0.423 e. The SMILES string of the molecule is CC1(C)c2ccccc2-c2ccc(N(c3ccc(-c4ccccc4)cc3)c3cccc(-c4ccc(B(O)O)cc4)c3)cc21. The highest BCUT2D eigenvalue weighted by Crippen LogP contribution is 2.50. The molecule has 0 saturated heterocycles. The Hall–Kier alpha value is -4.90. The fraction of sp³-hybridized carbons (Fsp3) is 0.0769. The number of hydrogen-bond acceptors (Lipinski definition) is 3. The Morgan fingerprint density at radius 3 is 1.77 bits per heavy atom. The van der Waals surface area contributed by atoms with Gasteiger partial charge in [0.2, 0.25) is 0 Å². The van der Waals surface area contributed by atoms with Gasteiger partial charge in [-0.25, -0.2) is 0 Å². The van der Waals surface area contributed by atoms with E-state index in [2.05, 4.69) is 134 Å². The maximum absolute atomic E-state index is 9.56. The topological polar surface area (TPSA) is 43.7 Å². The Kier molecular flexibility index (Phi) is 6.74. The summed E-state index contributed by atoms with van der Waals surface area (Å²) in [5, 5.41) is 19.1. The van der Waals surface area contributed by atoms with Crippen LogP contribution in [-0.4, -0.2) is 17.2 Å². The Labute approximate surface area is 253 Å². The van der Waals surface area contributed by atoms with E-state index in [9.17, 15) is 10.0 Å². The van der Waals surface area contributed by atoms with Crippen LogP contribution in [0.2, 0.25) is 0 Å². The Morgan fingerprint density at radius 2 is 1.02 bits per heavy atom. The second-order valence-corrected chi connectivity index (χ2v) is 11.7. The third kappa shape index (κ3) is 4.85. The first-order valence-corrected chi connectivity index (χ1v) is 14.7. The van der Waals surface area contributed by atoms with E-state index in [-0.39, 0.29) is 5.41 Å². The molecule has 7 rings (SSSR count). The molecule has 4 heteroatoms. The molecule has 6 aromatic rings. The van der Waals surface area contributed by atoms with Crippen molar-refractivity contribution >= 4 is 29.6 Å². The highest BCUT2D eigenvalue weighted by atomic mass is 16.4. The van der Waals surface area contributed by atoms with Crippen molar-refractivity contribution in [2.24, 2.45) is 0 Å². The molecular formula is C39H32BNO2. The van der Waals surface area contributed by atoms with Crippen molar-refractivity contribution in [3.63, 3.8) is 0 Å². The van der Waals surface area contributed by atoms with Crippen molar-refractivity contribution in [2.45, 2.75) is 19.3 Å². The highest BCUT2D eigenvalue weighted by Gasteiger charge is 2.35. The van der Waals surface area contributed by atoms with Crippen LogP contribution in [0.1, 0.15) is 25.0 Å². The summed E-state index contributed by atoms with van der Waals surface area (Å²) in [5.41, 5.74) is 13.3. The van der Waals surface area contributed by atoms with Crippen molar-refractivity contribution in [1.82, 2.24) is 0 Å². The van der Waals surface area contributed by atoms with Gasteiger partial charge in [0.15, 0.2) is 0 Å². The minimum absolute atomic E-state index is 0.106. The molecule has 0 spiro atoms. The van der Waals surface area contributed by atoms with E-state index in [4.69, 9.17) is 0 Å². The number of nitrogens with zero attached hydrogens (tertiary/aromatic N) is 1. The van der Waals surface area contributed by atoms with E-state index < -0.39 is 7.12 Å². The van der Waals surface area contributed by atoms with Crippen LogP contribution >= 0.6 is 0 Å². The van der Waals surface area contributed by atoms with E-state index in [1.54, 1.807) is 12.1 Å². The number of benzene rings is 6. The van der Waals surface area contributed by atoms with Gasteiger partial charge in [-0.2, -0.15) is 0 Å². The van der Waals surface area contributed by atoms with Crippen LogP contribution in [0.15, 0.2) is 146 Å². The Bertz CT molecular complexity index is 1910. The summed E-state index contributed by atoms with van der Waals surface area (Å²) < 4.78 is 0. The average Bonchev–Trinajstić information content (AvgIpc) is 3.28. The summed E-state index contributed by atoms with van der Waals surface area (Å²) in [7, 11) is -1.48. The average molecular weight is 558 g/mol. The second-order valence-electron chi connectivity index (χ2n) is 11.7. The molecule has 2 N–H and O–H groups in total. The highest BCUT2D eigenvalue weighted by molar-refractivity contribution is 6.58. The van der Waals surface area contributed by atoms with Gasteiger partial charge in [0.05, 0.1) is 0 Å². The van der Waals surface area contributed by atoms with Crippen LogP contribution in [0.4, 0.5) is 17.1 Å². The van der Waals surface area contributed by atoms with Gasteiger partial charge in [0.25, 0.3) is 0 Å².